The Hall–Kier alpha value is 0.868. The molecule has 0 nitrogen and oxygen atoms in total. The smallest absolute Gasteiger partial charge is 0.0339 e. The van der Waals surface area contributed by atoms with Crippen LogP contribution in [0.3, 0.4) is 0 Å². The van der Waals surface area contributed by atoms with Crippen molar-refractivity contribution < 1.29 is 0 Å². The predicted octanol–water partition coefficient (Wildman–Crippen LogP) is 4.17. The van der Waals surface area contributed by atoms with E-state index in [0.29, 0.717) is 19.0 Å². The van der Waals surface area contributed by atoms with E-state index in [0.717, 1.165) is 5.92 Å². The minimum atomic E-state index is -0.343. The third-order valence-electron chi connectivity index (χ3n) is 4.80. The molecule has 3 unspecified atom stereocenters. The average Bonchev–Trinajstić information content (AvgIpc) is 2.39. The average molecular weight is 347 g/mol. The lowest BCUT2D eigenvalue weighted by molar-refractivity contribution is 0.568. The Kier molecular flexibility index (Phi) is 15.4. The van der Waals surface area contributed by atoms with Gasteiger partial charge in [0.15, 0.2) is 0 Å². The van der Waals surface area contributed by atoms with Crippen LogP contribution in [0.5, 0.6) is 0 Å². The summed E-state index contributed by atoms with van der Waals surface area (Å²) in [6.07, 6.45) is 6.25. The molecule has 0 aromatic heterocycles. The Labute approximate surface area is 137 Å². The third-order valence-corrected chi connectivity index (χ3v) is 13.0. The quantitative estimate of drug-likeness (QED) is 0.327. The first-order chi connectivity index (χ1) is 9.60. The van der Waals surface area contributed by atoms with Crippen molar-refractivity contribution in [2.75, 3.05) is 0 Å². The maximum absolute atomic E-state index is 2.62. The van der Waals surface area contributed by atoms with E-state index in [1.807, 2.05) is 0 Å². The molecule has 0 saturated carbocycles. The van der Waals surface area contributed by atoms with Crippen LogP contribution >= 0.6 is 0 Å². The normalized spacial score (nSPS) is 17.2. The summed E-state index contributed by atoms with van der Waals surface area (Å²) in [4.78, 5) is 0. The maximum atomic E-state index is 2.62. The van der Waals surface area contributed by atoms with Crippen molar-refractivity contribution >= 4 is 36.6 Å². The van der Waals surface area contributed by atoms with E-state index in [9.17, 15) is 0 Å². The molecule has 0 aromatic rings. The van der Waals surface area contributed by atoms with Crippen LogP contribution in [0.4, 0.5) is 0 Å². The monoisotopic (exact) mass is 346 g/mol. The van der Waals surface area contributed by atoms with E-state index in [2.05, 4.69) is 33.1 Å². The summed E-state index contributed by atoms with van der Waals surface area (Å²) in [6.45, 7) is 12.7. The lowest BCUT2D eigenvalue weighted by Crippen LogP contribution is -2.13. The van der Waals surface area contributed by atoms with Gasteiger partial charge in [0.2, 0.25) is 0 Å². The first-order valence-electron chi connectivity index (χ1n) is 9.60. The summed E-state index contributed by atoms with van der Waals surface area (Å²) in [5.74, 6) is 1.04. The first kappa shape index (κ1) is 20.9. The highest BCUT2D eigenvalue weighted by atomic mass is 28.3. The summed E-state index contributed by atoms with van der Waals surface area (Å²) >= 11 is 0. The van der Waals surface area contributed by atoms with Crippen molar-refractivity contribution in [3.8, 4) is 0 Å². The molecule has 0 amide bonds. The minimum Gasteiger partial charge on any atom is -0.0748 e. The molecule has 20 heavy (non-hydrogen) atoms. The summed E-state index contributed by atoms with van der Waals surface area (Å²) in [6, 6.07) is 9.75. The largest absolute Gasteiger partial charge is 0.0748 e. The molecule has 0 aromatic carbocycles. The molecule has 0 aliphatic heterocycles. The van der Waals surface area contributed by atoms with Gasteiger partial charge in [-0.25, -0.2) is 0 Å². The zero-order valence-electron chi connectivity index (χ0n) is 15.2. The SMILES string of the molecule is C[SiH2]CCC[SiH](C)CCCC(C)C[SiH](C)CCC[SiH2]C. The van der Waals surface area contributed by atoms with Gasteiger partial charge >= 0.3 is 0 Å². The Morgan fingerprint density at radius 3 is 1.85 bits per heavy atom. The fraction of sp³-hybridized carbons (Fsp3) is 1.00. The van der Waals surface area contributed by atoms with Gasteiger partial charge in [0, 0.05) is 36.6 Å². The van der Waals surface area contributed by atoms with Crippen LogP contribution in [0.2, 0.25) is 62.5 Å². The summed E-state index contributed by atoms with van der Waals surface area (Å²) in [7, 11) is 0.0313. The molecule has 0 aliphatic rings. The molecule has 122 valence electrons. The maximum Gasteiger partial charge on any atom is 0.0339 e. The van der Waals surface area contributed by atoms with Crippen molar-refractivity contribution in [1.82, 2.24) is 0 Å². The Morgan fingerprint density at radius 2 is 1.30 bits per heavy atom. The van der Waals surface area contributed by atoms with Crippen LogP contribution in [-0.2, 0) is 0 Å². The molecule has 0 fully saturated rings. The van der Waals surface area contributed by atoms with Crippen molar-refractivity contribution in [3.63, 3.8) is 0 Å². The zero-order valence-corrected chi connectivity index (χ0v) is 20.4. The molecule has 0 N–H and O–H groups in total. The van der Waals surface area contributed by atoms with Gasteiger partial charge in [-0.1, -0.05) is 95.1 Å². The van der Waals surface area contributed by atoms with E-state index in [4.69, 9.17) is 0 Å². The summed E-state index contributed by atoms with van der Waals surface area (Å²) in [5, 5.41) is 0. The molecule has 4 heteroatoms. The van der Waals surface area contributed by atoms with Gasteiger partial charge in [-0.15, -0.1) is 0 Å². The van der Waals surface area contributed by atoms with E-state index in [1.54, 1.807) is 61.9 Å². The van der Waals surface area contributed by atoms with Crippen LogP contribution < -0.4 is 0 Å². The second-order valence-corrected chi connectivity index (χ2v) is 17.5. The molecule has 3 atom stereocenters. The lowest BCUT2D eigenvalue weighted by Gasteiger charge is -2.17. The molecule has 0 bridgehead atoms. The number of rotatable bonds is 14. The van der Waals surface area contributed by atoms with Gasteiger partial charge in [0.1, 0.15) is 0 Å². The topological polar surface area (TPSA) is 0 Å². The third kappa shape index (κ3) is 13.8. The highest BCUT2D eigenvalue weighted by Crippen LogP contribution is 2.20. The molecule has 0 aliphatic carbocycles. The first-order valence-corrected chi connectivity index (χ1v) is 20.0. The highest BCUT2D eigenvalue weighted by Gasteiger charge is 2.11. The summed E-state index contributed by atoms with van der Waals surface area (Å²) < 4.78 is 0. The van der Waals surface area contributed by atoms with Crippen LogP contribution in [0.1, 0.15) is 32.6 Å². The Morgan fingerprint density at radius 1 is 0.800 bits per heavy atom. The second kappa shape index (κ2) is 14.8. The van der Waals surface area contributed by atoms with Crippen molar-refractivity contribution in [1.29, 1.82) is 0 Å². The van der Waals surface area contributed by atoms with Crippen LogP contribution in [-0.4, -0.2) is 36.6 Å². The summed E-state index contributed by atoms with van der Waals surface area (Å²) in [5.41, 5.74) is 0. The van der Waals surface area contributed by atoms with Crippen molar-refractivity contribution in [2.45, 2.75) is 95.1 Å². The van der Waals surface area contributed by atoms with Gasteiger partial charge in [-0.05, 0) is 5.92 Å². The van der Waals surface area contributed by atoms with Gasteiger partial charge < -0.3 is 0 Å². The standard InChI is InChI=1S/C16H42Si4/c1-16(15-20(5)14-8-11-18-3)9-6-12-19(4)13-7-10-17-2/h16,19-20H,6-15,17-18H2,1-5H3. The van der Waals surface area contributed by atoms with E-state index < -0.39 is 0 Å². The minimum absolute atomic E-state index is 0.313. The second-order valence-electron chi connectivity index (χ2n) is 7.47. The molecule has 0 radical (unpaired) electrons. The highest BCUT2D eigenvalue weighted by molar-refractivity contribution is 6.57. The Bertz CT molecular complexity index is 199. The van der Waals surface area contributed by atoms with E-state index in [1.165, 1.54) is 0 Å². The van der Waals surface area contributed by atoms with Crippen LogP contribution in [0.25, 0.3) is 0 Å². The number of hydrogen-bond acceptors (Lipinski definition) is 0. The molecule has 0 saturated heterocycles. The molecule has 0 spiro atoms. The Balaban J connectivity index is 3.49. The molecular formula is C16H42Si4. The van der Waals surface area contributed by atoms with Gasteiger partial charge in [-0.3, -0.25) is 0 Å². The van der Waals surface area contributed by atoms with E-state index in [-0.39, 0.29) is 17.6 Å². The molecule has 0 heterocycles. The fourth-order valence-corrected chi connectivity index (χ4v) is 11.1. The molecule has 0 rings (SSSR count). The molecular weight excluding hydrogens is 305 g/mol. The van der Waals surface area contributed by atoms with Crippen molar-refractivity contribution in [3.05, 3.63) is 0 Å². The number of hydrogen-bond donors (Lipinski definition) is 0. The lowest BCUT2D eigenvalue weighted by atomic mass is 10.1. The van der Waals surface area contributed by atoms with Crippen LogP contribution in [0, 0.1) is 5.92 Å². The predicted molar refractivity (Wildman–Crippen MR) is 111 cm³/mol. The fourth-order valence-electron chi connectivity index (χ4n) is 3.37. The van der Waals surface area contributed by atoms with Crippen LogP contribution in [0.15, 0.2) is 0 Å². The van der Waals surface area contributed by atoms with Gasteiger partial charge in [0.05, 0.1) is 0 Å². The zero-order chi connectivity index (χ0) is 15.2. The van der Waals surface area contributed by atoms with E-state index >= 15 is 0 Å². The van der Waals surface area contributed by atoms with Gasteiger partial charge in [-0.2, -0.15) is 0 Å². The van der Waals surface area contributed by atoms with Crippen molar-refractivity contribution in [2.24, 2.45) is 5.92 Å². The van der Waals surface area contributed by atoms with Gasteiger partial charge in [0.25, 0.3) is 0 Å².